The van der Waals surface area contributed by atoms with Crippen molar-refractivity contribution in [2.45, 2.75) is 13.0 Å². The second-order valence-electron chi connectivity index (χ2n) is 7.35. The van der Waals surface area contributed by atoms with E-state index >= 15 is 0 Å². The number of halogens is 3. The van der Waals surface area contributed by atoms with Gasteiger partial charge in [0.15, 0.2) is 11.6 Å². The normalized spacial score (nSPS) is 13.6. The summed E-state index contributed by atoms with van der Waals surface area (Å²) in [5.41, 5.74) is 8.35. The van der Waals surface area contributed by atoms with Gasteiger partial charge in [-0.1, -0.05) is 35.3 Å². The summed E-state index contributed by atoms with van der Waals surface area (Å²) < 4.78 is 19.9. The number of hydrogen-bond acceptors (Lipinski definition) is 5. The molecular formula is C25H19Cl2FN4O2. The van der Waals surface area contributed by atoms with Crippen LogP contribution in [0.1, 0.15) is 28.9 Å². The van der Waals surface area contributed by atoms with E-state index in [4.69, 9.17) is 33.7 Å². The summed E-state index contributed by atoms with van der Waals surface area (Å²) in [5.74, 6) is -0.333. The van der Waals surface area contributed by atoms with Crippen molar-refractivity contribution in [3.8, 4) is 16.9 Å². The van der Waals surface area contributed by atoms with Crippen molar-refractivity contribution < 1.29 is 13.9 Å². The molecule has 3 aromatic rings. The number of aliphatic imine (C=N–C) groups is 1. The number of benzene rings is 2. The summed E-state index contributed by atoms with van der Waals surface area (Å²) in [6, 6.07) is 11.4. The third kappa shape index (κ3) is 4.95. The third-order valence-electron chi connectivity index (χ3n) is 5.10. The average molecular weight is 497 g/mol. The highest BCUT2D eigenvalue weighted by Gasteiger charge is 2.20. The first kappa shape index (κ1) is 23.5. The molecule has 0 aliphatic carbocycles. The number of amides is 1. The Morgan fingerprint density at radius 2 is 1.88 bits per heavy atom. The average Bonchev–Trinajstić information content (AvgIpc) is 3.12. The van der Waals surface area contributed by atoms with Crippen molar-refractivity contribution in [3.05, 3.63) is 100 Å². The summed E-state index contributed by atoms with van der Waals surface area (Å²) in [4.78, 5) is 22.3. The van der Waals surface area contributed by atoms with Crippen molar-refractivity contribution in [1.29, 1.82) is 0 Å². The molecule has 4 rings (SSSR count). The maximum Gasteiger partial charge on any atom is 0.261 e. The van der Waals surface area contributed by atoms with E-state index in [2.05, 4.69) is 9.98 Å². The van der Waals surface area contributed by atoms with Crippen LogP contribution in [0.5, 0.6) is 5.75 Å². The quantitative estimate of drug-likeness (QED) is 0.412. The van der Waals surface area contributed by atoms with Crippen LogP contribution in [0.15, 0.2) is 78.3 Å². The van der Waals surface area contributed by atoms with Gasteiger partial charge in [-0.05, 0) is 48.9 Å². The summed E-state index contributed by atoms with van der Waals surface area (Å²) >= 11 is 12.3. The Morgan fingerprint density at radius 3 is 2.65 bits per heavy atom. The number of aromatic nitrogens is 1. The van der Waals surface area contributed by atoms with Gasteiger partial charge < -0.3 is 10.5 Å². The fourth-order valence-electron chi connectivity index (χ4n) is 3.35. The maximum atomic E-state index is 13.9. The Labute approximate surface area is 205 Å². The first-order valence-electron chi connectivity index (χ1n) is 10.2. The lowest BCUT2D eigenvalue weighted by atomic mass is 10.0. The molecule has 0 radical (unpaired) electrons. The Balaban J connectivity index is 1.56. The number of nitrogens with zero attached hydrogens (tertiary/aromatic N) is 3. The molecule has 1 unspecified atom stereocenters. The molecule has 1 aromatic heterocycles. The van der Waals surface area contributed by atoms with Gasteiger partial charge in [-0.2, -0.15) is 0 Å². The smallest absolute Gasteiger partial charge is 0.261 e. The minimum Gasteiger partial charge on any atom is -0.482 e. The Kier molecular flexibility index (Phi) is 6.95. The summed E-state index contributed by atoms with van der Waals surface area (Å²) in [7, 11) is 0. The minimum atomic E-state index is -0.686. The number of nitrogen functional groups attached to an aromatic ring is 1. The Hall–Kier alpha value is -3.68. The molecule has 0 saturated heterocycles. The van der Waals surface area contributed by atoms with E-state index in [-0.39, 0.29) is 21.8 Å². The monoisotopic (exact) mass is 496 g/mol. The van der Waals surface area contributed by atoms with Crippen LogP contribution in [0.25, 0.3) is 11.1 Å². The molecule has 172 valence electrons. The fourth-order valence-corrected chi connectivity index (χ4v) is 4.03. The number of ether oxygens (including phenoxy) is 1. The van der Waals surface area contributed by atoms with Crippen molar-refractivity contribution in [1.82, 2.24) is 9.88 Å². The van der Waals surface area contributed by atoms with E-state index in [1.54, 1.807) is 74.3 Å². The van der Waals surface area contributed by atoms with Crippen LogP contribution in [0.2, 0.25) is 10.0 Å². The zero-order valence-corrected chi connectivity index (χ0v) is 19.5. The van der Waals surface area contributed by atoms with Gasteiger partial charge in [0.2, 0.25) is 0 Å². The molecule has 9 heteroatoms. The first-order chi connectivity index (χ1) is 16.3. The van der Waals surface area contributed by atoms with E-state index in [0.717, 1.165) is 11.1 Å². The Morgan fingerprint density at radius 1 is 1.12 bits per heavy atom. The summed E-state index contributed by atoms with van der Waals surface area (Å²) in [6.07, 6.45) is 8.95. The minimum absolute atomic E-state index is 0.108. The zero-order valence-electron chi connectivity index (χ0n) is 18.0. The van der Waals surface area contributed by atoms with Crippen LogP contribution in [-0.4, -0.2) is 22.0 Å². The molecule has 1 aliphatic rings. The molecule has 1 atom stereocenters. The number of allylic oxidation sites excluding steroid dienone is 1. The van der Waals surface area contributed by atoms with E-state index < -0.39 is 11.9 Å². The van der Waals surface area contributed by atoms with Crippen LogP contribution in [0.4, 0.5) is 10.2 Å². The molecular weight excluding hydrogens is 478 g/mol. The molecule has 0 saturated carbocycles. The number of carbonyl (C=O) groups excluding carboxylic acids is 1. The van der Waals surface area contributed by atoms with Crippen molar-refractivity contribution in [3.63, 3.8) is 0 Å². The molecule has 2 aromatic carbocycles. The van der Waals surface area contributed by atoms with Crippen molar-refractivity contribution in [2.75, 3.05) is 5.73 Å². The van der Waals surface area contributed by atoms with Gasteiger partial charge in [0, 0.05) is 52.7 Å². The van der Waals surface area contributed by atoms with Gasteiger partial charge in [0.05, 0.1) is 5.02 Å². The number of nitrogens with two attached hydrogens (primary N) is 1. The largest absolute Gasteiger partial charge is 0.482 e. The van der Waals surface area contributed by atoms with Gasteiger partial charge in [-0.3, -0.25) is 14.7 Å². The lowest BCUT2D eigenvalue weighted by Gasteiger charge is -2.19. The topological polar surface area (TPSA) is 80.8 Å². The van der Waals surface area contributed by atoms with Gasteiger partial charge in [-0.25, -0.2) is 9.37 Å². The third-order valence-corrected chi connectivity index (χ3v) is 5.82. The van der Waals surface area contributed by atoms with Crippen molar-refractivity contribution in [2.24, 2.45) is 4.99 Å². The van der Waals surface area contributed by atoms with Crippen LogP contribution in [-0.2, 0) is 0 Å². The molecule has 6 nitrogen and oxygen atoms in total. The predicted octanol–water partition coefficient (Wildman–Crippen LogP) is 6.43. The van der Waals surface area contributed by atoms with Gasteiger partial charge in [0.1, 0.15) is 11.9 Å². The summed E-state index contributed by atoms with van der Waals surface area (Å²) in [5, 5.41) is 0.172. The van der Waals surface area contributed by atoms with E-state index in [1.807, 2.05) is 0 Å². The van der Waals surface area contributed by atoms with E-state index in [1.165, 1.54) is 17.0 Å². The van der Waals surface area contributed by atoms with Crippen LogP contribution >= 0.6 is 23.2 Å². The Bertz CT molecular complexity index is 1310. The molecule has 0 bridgehead atoms. The zero-order chi connectivity index (χ0) is 24.2. The lowest BCUT2D eigenvalue weighted by Crippen LogP contribution is -2.19. The first-order valence-corrected chi connectivity index (χ1v) is 11.0. The molecule has 2 N–H and O–H groups in total. The van der Waals surface area contributed by atoms with Gasteiger partial charge in [-0.15, -0.1) is 0 Å². The number of pyridine rings is 1. The van der Waals surface area contributed by atoms with Crippen LogP contribution in [0, 0.1) is 5.82 Å². The highest BCUT2D eigenvalue weighted by Crippen LogP contribution is 2.37. The number of anilines is 1. The number of carbonyl (C=O) groups is 1. The lowest BCUT2D eigenvalue weighted by molar-refractivity contribution is 0.0869. The maximum absolute atomic E-state index is 13.9. The number of rotatable bonds is 5. The SMILES string of the molecule is CC(Oc1cc(-c2ccc(C(=O)N3C=CC=NC=C3)cc2)cnc1N)c1c(Cl)ccc(F)c1Cl. The van der Waals surface area contributed by atoms with Gasteiger partial charge in [0.25, 0.3) is 5.91 Å². The fraction of sp³-hybridized carbons (Fsp3) is 0.0800. The molecule has 2 heterocycles. The highest BCUT2D eigenvalue weighted by atomic mass is 35.5. The predicted molar refractivity (Wildman–Crippen MR) is 132 cm³/mol. The van der Waals surface area contributed by atoms with E-state index in [0.29, 0.717) is 16.9 Å². The molecule has 34 heavy (non-hydrogen) atoms. The van der Waals surface area contributed by atoms with E-state index in [9.17, 15) is 9.18 Å². The molecule has 0 spiro atoms. The standard InChI is InChI=1S/C25H19Cl2FN4O2/c1-15(22-19(26)7-8-20(28)23(22)27)34-21-13-18(14-31-24(21)29)16-3-5-17(6-4-16)25(33)32-11-2-9-30-10-12-32/h2-15H,1H3,(H2,29,31). The second-order valence-corrected chi connectivity index (χ2v) is 8.14. The second kappa shape index (κ2) is 10.1. The van der Waals surface area contributed by atoms with Gasteiger partial charge >= 0.3 is 0 Å². The number of hydrogen-bond donors (Lipinski definition) is 1. The molecule has 1 amide bonds. The molecule has 1 aliphatic heterocycles. The highest BCUT2D eigenvalue weighted by molar-refractivity contribution is 6.36. The van der Waals surface area contributed by atoms with Crippen molar-refractivity contribution >= 4 is 41.1 Å². The van der Waals surface area contributed by atoms with Crippen LogP contribution < -0.4 is 10.5 Å². The summed E-state index contributed by atoms with van der Waals surface area (Å²) in [6.45, 7) is 1.69. The van der Waals surface area contributed by atoms with Crippen LogP contribution in [0.3, 0.4) is 0 Å². The molecule has 0 fully saturated rings.